The summed E-state index contributed by atoms with van der Waals surface area (Å²) >= 11 is 1.85. The topological polar surface area (TPSA) is 28.2 Å². The fourth-order valence-electron chi connectivity index (χ4n) is 2.88. The lowest BCUT2D eigenvalue weighted by atomic mass is 10.0. The highest BCUT2D eigenvalue weighted by Crippen LogP contribution is 2.33. The fourth-order valence-corrected chi connectivity index (χ4v) is 4.13. The maximum Gasteiger partial charge on any atom is 0.186 e. The first-order chi connectivity index (χ1) is 10.2. The van der Waals surface area contributed by atoms with Crippen molar-refractivity contribution >= 4 is 16.5 Å². The number of hydrogen-bond donors (Lipinski definition) is 1. The van der Waals surface area contributed by atoms with E-state index in [1.807, 2.05) is 18.4 Å². The van der Waals surface area contributed by atoms with Gasteiger partial charge in [0.2, 0.25) is 0 Å². The highest BCUT2D eigenvalue weighted by atomic mass is 32.1. The third-order valence-corrected chi connectivity index (χ3v) is 5.13. The second kappa shape index (κ2) is 6.16. The van der Waals surface area contributed by atoms with E-state index in [9.17, 15) is 0 Å². The van der Waals surface area contributed by atoms with Gasteiger partial charge in [-0.3, -0.25) is 0 Å². The predicted molar refractivity (Wildman–Crippen MR) is 90.2 cm³/mol. The van der Waals surface area contributed by atoms with Gasteiger partial charge in [0.15, 0.2) is 5.13 Å². The van der Waals surface area contributed by atoms with Crippen molar-refractivity contribution in [3.05, 3.63) is 46.0 Å². The first-order valence-electron chi connectivity index (χ1n) is 7.65. The zero-order valence-electron chi connectivity index (χ0n) is 13.0. The van der Waals surface area contributed by atoms with Crippen LogP contribution in [-0.2, 0) is 19.5 Å². The van der Waals surface area contributed by atoms with Gasteiger partial charge in [-0.15, -0.1) is 11.3 Å². The van der Waals surface area contributed by atoms with Crippen molar-refractivity contribution in [1.29, 1.82) is 0 Å². The molecule has 1 aromatic heterocycles. The first kappa shape index (κ1) is 14.5. The van der Waals surface area contributed by atoms with E-state index in [2.05, 4.69) is 48.3 Å². The summed E-state index contributed by atoms with van der Waals surface area (Å²) in [5.41, 5.74) is 4.19. The van der Waals surface area contributed by atoms with Crippen molar-refractivity contribution < 1.29 is 0 Å². The van der Waals surface area contributed by atoms with Crippen LogP contribution in [0.15, 0.2) is 24.3 Å². The Bertz CT molecular complexity index is 618. The molecule has 1 aliphatic rings. The molecule has 0 unspecified atom stereocenters. The number of aromatic nitrogens is 1. The van der Waals surface area contributed by atoms with Crippen LogP contribution in [0.5, 0.6) is 0 Å². The maximum absolute atomic E-state index is 4.93. The fraction of sp³-hybridized carbons (Fsp3) is 0.471. The largest absolute Gasteiger partial charge is 0.343 e. The molecule has 3 rings (SSSR count). The Kier molecular flexibility index (Phi) is 4.27. The molecular formula is C17H23N3S. The predicted octanol–water partition coefficient (Wildman–Crippen LogP) is 3.55. The molecule has 0 aliphatic carbocycles. The lowest BCUT2D eigenvalue weighted by molar-refractivity contribution is 0.720. The maximum atomic E-state index is 4.93. The summed E-state index contributed by atoms with van der Waals surface area (Å²) in [4.78, 5) is 8.73. The lowest BCUT2D eigenvalue weighted by Crippen LogP contribution is -2.30. The first-order valence-corrected chi connectivity index (χ1v) is 8.46. The Morgan fingerprint density at radius 1 is 1.29 bits per heavy atom. The zero-order valence-corrected chi connectivity index (χ0v) is 13.8. The van der Waals surface area contributed by atoms with E-state index < -0.39 is 0 Å². The van der Waals surface area contributed by atoms with Crippen LogP contribution in [0.1, 0.15) is 41.5 Å². The summed E-state index contributed by atoms with van der Waals surface area (Å²) < 4.78 is 0. The van der Waals surface area contributed by atoms with Crippen molar-refractivity contribution in [1.82, 2.24) is 10.3 Å². The minimum Gasteiger partial charge on any atom is -0.343 e. The summed E-state index contributed by atoms with van der Waals surface area (Å²) in [6.45, 7) is 7.42. The summed E-state index contributed by atoms with van der Waals surface area (Å²) in [6.07, 6.45) is 1.12. The number of hydrogen-bond acceptors (Lipinski definition) is 4. The van der Waals surface area contributed by atoms with Crippen LogP contribution in [0.25, 0.3) is 0 Å². The molecule has 2 aromatic rings. The van der Waals surface area contributed by atoms with Gasteiger partial charge in [-0.05, 0) is 30.5 Å². The van der Waals surface area contributed by atoms with E-state index in [-0.39, 0.29) is 0 Å². The van der Waals surface area contributed by atoms with Crippen LogP contribution < -0.4 is 10.2 Å². The van der Waals surface area contributed by atoms with Crippen LogP contribution >= 0.6 is 11.3 Å². The molecule has 4 heteroatoms. The normalized spacial score (nSPS) is 14.6. The molecule has 1 aromatic carbocycles. The van der Waals surface area contributed by atoms with Crippen LogP contribution in [0.3, 0.4) is 0 Å². The van der Waals surface area contributed by atoms with Crippen LogP contribution in [0, 0.1) is 0 Å². The van der Waals surface area contributed by atoms with Crippen LogP contribution in [0.2, 0.25) is 0 Å². The van der Waals surface area contributed by atoms with Crippen LogP contribution in [0.4, 0.5) is 5.13 Å². The van der Waals surface area contributed by atoms with Gasteiger partial charge in [-0.25, -0.2) is 4.98 Å². The van der Waals surface area contributed by atoms with Gasteiger partial charge in [-0.1, -0.05) is 38.1 Å². The molecule has 0 atom stereocenters. The van der Waals surface area contributed by atoms with Gasteiger partial charge in [0.05, 0.1) is 5.69 Å². The molecule has 1 aliphatic heterocycles. The van der Waals surface area contributed by atoms with Crippen LogP contribution in [-0.4, -0.2) is 18.6 Å². The quantitative estimate of drug-likeness (QED) is 0.936. The van der Waals surface area contributed by atoms with Gasteiger partial charge < -0.3 is 10.2 Å². The Labute approximate surface area is 131 Å². The second-order valence-electron chi connectivity index (χ2n) is 5.93. The van der Waals surface area contributed by atoms with E-state index in [4.69, 9.17) is 4.98 Å². The SMILES string of the molecule is CNCc1sc(N2CCc3ccccc3C2)nc1C(C)C. The van der Waals surface area contributed by atoms with E-state index in [0.29, 0.717) is 5.92 Å². The Morgan fingerprint density at radius 3 is 2.76 bits per heavy atom. The van der Waals surface area contributed by atoms with E-state index >= 15 is 0 Å². The van der Waals surface area contributed by atoms with Gasteiger partial charge in [0, 0.05) is 24.5 Å². The van der Waals surface area contributed by atoms with E-state index in [1.165, 1.54) is 26.8 Å². The summed E-state index contributed by atoms with van der Waals surface area (Å²) in [5, 5.41) is 4.44. The average Bonchev–Trinajstić information content (AvgIpc) is 2.91. The van der Waals surface area contributed by atoms with Gasteiger partial charge in [0.25, 0.3) is 0 Å². The molecule has 21 heavy (non-hydrogen) atoms. The second-order valence-corrected chi connectivity index (χ2v) is 6.99. The number of thiazole rings is 1. The Balaban J connectivity index is 1.86. The Morgan fingerprint density at radius 2 is 2.05 bits per heavy atom. The third kappa shape index (κ3) is 2.97. The van der Waals surface area contributed by atoms with Gasteiger partial charge >= 0.3 is 0 Å². The minimum atomic E-state index is 0.482. The molecule has 112 valence electrons. The zero-order chi connectivity index (χ0) is 14.8. The van der Waals surface area contributed by atoms with Crippen molar-refractivity contribution in [2.75, 3.05) is 18.5 Å². The number of benzene rings is 1. The molecule has 0 amide bonds. The molecule has 0 saturated carbocycles. The minimum absolute atomic E-state index is 0.482. The highest BCUT2D eigenvalue weighted by molar-refractivity contribution is 7.15. The van der Waals surface area contributed by atoms with E-state index in [1.54, 1.807) is 0 Å². The third-order valence-electron chi connectivity index (χ3n) is 4.00. The van der Waals surface area contributed by atoms with Crippen molar-refractivity contribution in [2.24, 2.45) is 0 Å². The molecular weight excluding hydrogens is 278 g/mol. The summed E-state index contributed by atoms with van der Waals surface area (Å²) in [6, 6.07) is 8.77. The monoisotopic (exact) mass is 301 g/mol. The van der Waals surface area contributed by atoms with E-state index in [0.717, 1.165) is 26.1 Å². The van der Waals surface area contributed by atoms with Crippen molar-refractivity contribution in [3.63, 3.8) is 0 Å². The Hall–Kier alpha value is -1.39. The number of anilines is 1. The molecule has 0 bridgehead atoms. The van der Waals surface area contributed by atoms with Gasteiger partial charge in [0.1, 0.15) is 0 Å². The smallest absolute Gasteiger partial charge is 0.186 e. The lowest BCUT2D eigenvalue weighted by Gasteiger charge is -2.28. The van der Waals surface area contributed by atoms with Crippen molar-refractivity contribution in [2.45, 2.75) is 39.3 Å². The summed E-state index contributed by atoms with van der Waals surface area (Å²) in [5.74, 6) is 0.482. The molecule has 1 N–H and O–H groups in total. The van der Waals surface area contributed by atoms with Crippen molar-refractivity contribution in [3.8, 4) is 0 Å². The number of fused-ring (bicyclic) bond motifs is 1. The number of rotatable bonds is 4. The number of nitrogens with one attached hydrogen (secondary N) is 1. The average molecular weight is 301 g/mol. The summed E-state index contributed by atoms with van der Waals surface area (Å²) in [7, 11) is 2.00. The molecule has 3 nitrogen and oxygen atoms in total. The molecule has 0 radical (unpaired) electrons. The number of nitrogens with zero attached hydrogens (tertiary/aromatic N) is 2. The standard InChI is InChI=1S/C17H23N3S/c1-12(2)16-15(10-18-3)21-17(19-16)20-9-8-13-6-4-5-7-14(13)11-20/h4-7,12,18H,8-11H2,1-3H3. The molecule has 0 spiro atoms. The highest BCUT2D eigenvalue weighted by Gasteiger charge is 2.21. The molecule has 0 saturated heterocycles. The van der Waals surface area contributed by atoms with Gasteiger partial charge in [-0.2, -0.15) is 0 Å². The molecule has 0 fully saturated rings. The molecule has 2 heterocycles.